The van der Waals surface area contributed by atoms with E-state index in [0.717, 1.165) is 16.5 Å². The zero-order valence-electron chi connectivity index (χ0n) is 12.0. The topological polar surface area (TPSA) is 24.9 Å². The van der Waals surface area contributed by atoms with Crippen LogP contribution in [0.2, 0.25) is 0 Å². The Kier molecular flexibility index (Phi) is 5.42. The lowest BCUT2D eigenvalue weighted by Gasteiger charge is -2.21. The van der Waals surface area contributed by atoms with E-state index >= 15 is 0 Å². The summed E-state index contributed by atoms with van der Waals surface area (Å²) in [5.41, 5.74) is 1.20. The molecule has 0 aliphatic rings. The molecule has 1 N–H and O–H groups in total. The largest absolute Gasteiger partial charge is 0.306 e. The molecule has 1 aromatic carbocycles. The number of aryl methyl sites for hydroxylation is 1. The van der Waals surface area contributed by atoms with Gasteiger partial charge in [-0.2, -0.15) is 0 Å². The van der Waals surface area contributed by atoms with Crippen molar-refractivity contribution in [2.24, 2.45) is 0 Å². The number of nitrogens with one attached hydrogen (secondary N) is 1. The molecular weight excluding hydrogens is 338 g/mol. The monoisotopic (exact) mass is 354 g/mol. The highest BCUT2D eigenvalue weighted by molar-refractivity contribution is 9.10. The molecule has 1 unspecified atom stereocenters. The molecule has 1 heterocycles. The van der Waals surface area contributed by atoms with Crippen molar-refractivity contribution in [3.8, 4) is 0 Å². The van der Waals surface area contributed by atoms with Gasteiger partial charge in [0, 0.05) is 22.4 Å². The minimum absolute atomic E-state index is 0.0448. The van der Waals surface area contributed by atoms with Gasteiger partial charge in [0.25, 0.3) is 0 Å². The maximum absolute atomic E-state index is 14.4. The Morgan fingerprint density at radius 1 is 1.29 bits per heavy atom. The van der Waals surface area contributed by atoms with Crippen LogP contribution < -0.4 is 5.32 Å². The van der Waals surface area contributed by atoms with E-state index in [4.69, 9.17) is 0 Å². The van der Waals surface area contributed by atoms with E-state index in [2.05, 4.69) is 26.2 Å². The van der Waals surface area contributed by atoms with Gasteiger partial charge in [0.2, 0.25) is 0 Å². The molecular formula is C16H17BrF2N2. The van der Waals surface area contributed by atoms with Crippen molar-refractivity contribution in [3.63, 3.8) is 0 Å². The van der Waals surface area contributed by atoms with Gasteiger partial charge >= 0.3 is 0 Å². The van der Waals surface area contributed by atoms with Gasteiger partial charge in [0.05, 0.1) is 6.04 Å². The highest BCUT2D eigenvalue weighted by Crippen LogP contribution is 2.29. The van der Waals surface area contributed by atoms with Gasteiger partial charge in [0.15, 0.2) is 0 Å². The van der Waals surface area contributed by atoms with E-state index in [1.54, 1.807) is 19.3 Å². The molecule has 1 aromatic heterocycles. The average Bonchev–Trinajstić information content (AvgIpc) is 2.46. The van der Waals surface area contributed by atoms with Crippen LogP contribution in [0, 0.1) is 18.6 Å². The lowest BCUT2D eigenvalue weighted by Crippen LogP contribution is -2.25. The summed E-state index contributed by atoms with van der Waals surface area (Å²) in [6.07, 6.45) is 4.13. The minimum atomic E-state index is -0.560. The van der Waals surface area contributed by atoms with Gasteiger partial charge in [-0.05, 0) is 59.1 Å². The van der Waals surface area contributed by atoms with Gasteiger partial charge in [-0.15, -0.1) is 0 Å². The molecule has 21 heavy (non-hydrogen) atoms. The van der Waals surface area contributed by atoms with Gasteiger partial charge in [-0.25, -0.2) is 8.78 Å². The second kappa shape index (κ2) is 7.09. The van der Waals surface area contributed by atoms with Crippen molar-refractivity contribution >= 4 is 15.9 Å². The van der Waals surface area contributed by atoms with Crippen LogP contribution in [0.25, 0.3) is 0 Å². The van der Waals surface area contributed by atoms with E-state index in [1.165, 1.54) is 12.1 Å². The summed E-state index contributed by atoms with van der Waals surface area (Å²) in [4.78, 5) is 4.09. The first-order chi connectivity index (χ1) is 10.0. The lowest BCUT2D eigenvalue weighted by atomic mass is 9.97. The molecule has 112 valence electrons. The number of halogens is 3. The fraction of sp³-hybridized carbons (Fsp3) is 0.312. The predicted molar refractivity (Wildman–Crippen MR) is 83.2 cm³/mol. The molecule has 0 fully saturated rings. The molecule has 0 aliphatic heterocycles. The second-order valence-electron chi connectivity index (χ2n) is 4.92. The predicted octanol–water partition coefficient (Wildman–Crippen LogP) is 4.52. The molecule has 0 saturated heterocycles. The van der Waals surface area contributed by atoms with E-state index in [9.17, 15) is 8.78 Å². The Morgan fingerprint density at radius 2 is 2.05 bits per heavy atom. The highest BCUT2D eigenvalue weighted by Gasteiger charge is 2.23. The third-order valence-corrected chi connectivity index (χ3v) is 3.70. The first kappa shape index (κ1) is 16.0. The lowest BCUT2D eigenvalue weighted by molar-refractivity contribution is 0.499. The Morgan fingerprint density at radius 3 is 2.71 bits per heavy atom. The third kappa shape index (κ3) is 3.66. The molecule has 2 aromatic rings. The number of aromatic nitrogens is 1. The zero-order valence-corrected chi connectivity index (χ0v) is 13.5. The Labute approximate surface area is 131 Å². The van der Waals surface area contributed by atoms with Crippen LogP contribution >= 0.6 is 15.9 Å². The normalized spacial score (nSPS) is 12.4. The number of rotatable bonds is 5. The molecule has 2 nitrogen and oxygen atoms in total. The average molecular weight is 355 g/mol. The maximum Gasteiger partial charge on any atom is 0.134 e. The van der Waals surface area contributed by atoms with Crippen molar-refractivity contribution in [1.29, 1.82) is 0 Å². The molecule has 0 radical (unpaired) electrons. The van der Waals surface area contributed by atoms with Crippen LogP contribution in [0.3, 0.4) is 0 Å². The first-order valence-electron chi connectivity index (χ1n) is 6.83. The van der Waals surface area contributed by atoms with Crippen molar-refractivity contribution in [2.45, 2.75) is 26.3 Å². The fourth-order valence-electron chi connectivity index (χ4n) is 2.20. The van der Waals surface area contributed by atoms with Crippen molar-refractivity contribution in [2.75, 3.05) is 6.54 Å². The standard InChI is InChI=1S/C16H17BrF2N2/c1-3-6-21-16(11-7-12(17)9-20-8-11)14-13(18)5-4-10(2)15(14)19/h4-5,7-9,16,21H,3,6H2,1-2H3. The van der Waals surface area contributed by atoms with Gasteiger partial charge in [0.1, 0.15) is 11.6 Å². The van der Waals surface area contributed by atoms with E-state index in [1.807, 2.05) is 13.0 Å². The number of nitrogens with zero attached hydrogens (tertiary/aromatic N) is 1. The summed E-state index contributed by atoms with van der Waals surface area (Å²) in [5.74, 6) is -1.06. The molecule has 2 rings (SSSR count). The smallest absolute Gasteiger partial charge is 0.134 e. The quantitative estimate of drug-likeness (QED) is 0.853. The first-order valence-corrected chi connectivity index (χ1v) is 7.62. The summed E-state index contributed by atoms with van der Waals surface area (Å²) in [6, 6.07) is 4.01. The third-order valence-electron chi connectivity index (χ3n) is 3.27. The number of hydrogen-bond donors (Lipinski definition) is 1. The van der Waals surface area contributed by atoms with Gasteiger partial charge in [-0.1, -0.05) is 13.0 Å². The Balaban J connectivity index is 2.53. The Bertz CT molecular complexity index is 632. The molecule has 0 aliphatic carbocycles. The summed E-state index contributed by atoms with van der Waals surface area (Å²) >= 11 is 3.34. The van der Waals surface area contributed by atoms with Crippen molar-refractivity contribution in [3.05, 3.63) is 63.4 Å². The van der Waals surface area contributed by atoms with Gasteiger partial charge in [-0.3, -0.25) is 4.98 Å². The summed E-state index contributed by atoms with van der Waals surface area (Å²) in [6.45, 7) is 4.30. The molecule has 0 bridgehead atoms. The Hall–Kier alpha value is -1.33. The summed E-state index contributed by atoms with van der Waals surface area (Å²) < 4.78 is 29.4. The molecule has 1 atom stereocenters. The molecule has 5 heteroatoms. The van der Waals surface area contributed by atoms with E-state index in [-0.39, 0.29) is 5.56 Å². The van der Waals surface area contributed by atoms with E-state index < -0.39 is 17.7 Å². The SMILES string of the molecule is CCCNC(c1cncc(Br)c1)c1c(F)ccc(C)c1F. The molecule has 0 amide bonds. The molecule has 0 saturated carbocycles. The van der Waals surface area contributed by atoms with E-state index in [0.29, 0.717) is 12.1 Å². The van der Waals surface area contributed by atoms with Crippen LogP contribution in [-0.4, -0.2) is 11.5 Å². The fourth-order valence-corrected chi connectivity index (χ4v) is 2.59. The number of pyridine rings is 1. The minimum Gasteiger partial charge on any atom is -0.306 e. The summed E-state index contributed by atoms with van der Waals surface area (Å²) in [5, 5.41) is 3.20. The maximum atomic E-state index is 14.4. The molecule has 0 spiro atoms. The van der Waals surface area contributed by atoms with Gasteiger partial charge < -0.3 is 5.32 Å². The van der Waals surface area contributed by atoms with Crippen LogP contribution in [0.1, 0.15) is 36.1 Å². The van der Waals surface area contributed by atoms with Crippen LogP contribution in [0.4, 0.5) is 8.78 Å². The van der Waals surface area contributed by atoms with Crippen molar-refractivity contribution < 1.29 is 8.78 Å². The highest BCUT2D eigenvalue weighted by atomic mass is 79.9. The zero-order chi connectivity index (χ0) is 15.4. The van der Waals surface area contributed by atoms with Crippen LogP contribution in [0.5, 0.6) is 0 Å². The summed E-state index contributed by atoms with van der Waals surface area (Å²) in [7, 11) is 0. The number of hydrogen-bond acceptors (Lipinski definition) is 2. The second-order valence-corrected chi connectivity index (χ2v) is 5.83. The number of benzene rings is 1. The van der Waals surface area contributed by atoms with Crippen molar-refractivity contribution in [1.82, 2.24) is 10.3 Å². The van der Waals surface area contributed by atoms with Crippen LogP contribution in [0.15, 0.2) is 35.1 Å². The van der Waals surface area contributed by atoms with Crippen LogP contribution in [-0.2, 0) is 0 Å².